The van der Waals surface area contributed by atoms with Crippen LogP contribution in [0, 0.1) is 0 Å². The van der Waals surface area contributed by atoms with Gasteiger partial charge in [0, 0.05) is 19.5 Å². The van der Waals surface area contributed by atoms with E-state index in [1.54, 1.807) is 12.1 Å². The average molecular weight is 275 g/mol. The molecule has 0 bridgehead atoms. The highest BCUT2D eigenvalue weighted by Gasteiger charge is 2.08. The second kappa shape index (κ2) is 7.22. The minimum absolute atomic E-state index is 0.218. The van der Waals surface area contributed by atoms with E-state index in [0.717, 1.165) is 13.0 Å². The summed E-state index contributed by atoms with van der Waals surface area (Å²) in [4.78, 5) is 20.1. The van der Waals surface area contributed by atoms with Crippen LogP contribution in [0.3, 0.4) is 0 Å². The lowest BCUT2D eigenvalue weighted by atomic mass is 10.3. The molecule has 0 aliphatic heterocycles. The molecule has 20 heavy (non-hydrogen) atoms. The van der Waals surface area contributed by atoms with Crippen molar-refractivity contribution < 1.29 is 9.32 Å². The second-order valence-corrected chi connectivity index (χ2v) is 4.18. The molecule has 0 aromatic carbocycles. The zero-order chi connectivity index (χ0) is 14.2. The zero-order valence-corrected chi connectivity index (χ0v) is 11.3. The third kappa shape index (κ3) is 4.04. The Kier molecular flexibility index (Phi) is 5.05. The maximum absolute atomic E-state index is 11.9. The van der Waals surface area contributed by atoms with Gasteiger partial charge in [-0.05, 0) is 18.6 Å². The first-order chi connectivity index (χ1) is 9.79. The van der Waals surface area contributed by atoms with E-state index in [9.17, 15) is 4.79 Å². The second-order valence-electron chi connectivity index (χ2n) is 4.18. The van der Waals surface area contributed by atoms with Crippen LogP contribution in [-0.4, -0.2) is 34.1 Å². The minimum Gasteiger partial charge on any atom is -0.370 e. The van der Waals surface area contributed by atoms with Crippen molar-refractivity contribution in [3.05, 3.63) is 36.1 Å². The van der Waals surface area contributed by atoms with Crippen molar-refractivity contribution in [3.8, 4) is 0 Å². The third-order valence-corrected chi connectivity index (χ3v) is 2.57. The number of hydrogen-bond donors (Lipinski definition) is 2. The van der Waals surface area contributed by atoms with E-state index >= 15 is 0 Å². The summed E-state index contributed by atoms with van der Waals surface area (Å²) in [7, 11) is 0. The van der Waals surface area contributed by atoms with Crippen molar-refractivity contribution in [2.75, 3.05) is 18.4 Å². The maximum Gasteiger partial charge on any atom is 0.269 e. The van der Waals surface area contributed by atoms with Crippen molar-refractivity contribution >= 4 is 11.7 Å². The summed E-state index contributed by atoms with van der Waals surface area (Å²) in [6.07, 6.45) is 2.84. The van der Waals surface area contributed by atoms with Gasteiger partial charge in [-0.3, -0.25) is 4.79 Å². The number of nitrogens with zero attached hydrogens (tertiary/aromatic N) is 3. The maximum atomic E-state index is 11.9. The molecule has 2 N–H and O–H groups in total. The van der Waals surface area contributed by atoms with E-state index in [2.05, 4.69) is 32.7 Å². The predicted molar refractivity (Wildman–Crippen MR) is 73.4 cm³/mol. The first kappa shape index (κ1) is 14.0. The highest BCUT2D eigenvalue weighted by Crippen LogP contribution is 2.05. The van der Waals surface area contributed by atoms with Gasteiger partial charge in [0.25, 0.3) is 5.91 Å². The Hall–Kier alpha value is -2.44. The zero-order valence-electron chi connectivity index (χ0n) is 11.3. The molecule has 106 valence electrons. The minimum atomic E-state index is -0.218. The van der Waals surface area contributed by atoms with Crippen LogP contribution in [0.1, 0.15) is 29.7 Å². The molecule has 0 saturated carbocycles. The van der Waals surface area contributed by atoms with Gasteiger partial charge in [0.1, 0.15) is 11.5 Å². The lowest BCUT2D eigenvalue weighted by Gasteiger charge is -2.06. The molecule has 2 aromatic heterocycles. The molecule has 2 rings (SSSR count). The fourth-order valence-corrected chi connectivity index (χ4v) is 1.59. The summed E-state index contributed by atoms with van der Waals surface area (Å²) in [5.41, 5.74) is 0.386. The number of anilines is 1. The van der Waals surface area contributed by atoms with Gasteiger partial charge in [-0.25, -0.2) is 4.98 Å². The van der Waals surface area contributed by atoms with Gasteiger partial charge in [-0.1, -0.05) is 18.1 Å². The fraction of sp³-hybridized carbons (Fsp3) is 0.385. The topological polar surface area (TPSA) is 92.9 Å². The van der Waals surface area contributed by atoms with Crippen LogP contribution in [0.5, 0.6) is 0 Å². The van der Waals surface area contributed by atoms with Crippen LogP contribution in [-0.2, 0) is 6.42 Å². The van der Waals surface area contributed by atoms with E-state index in [1.165, 1.54) is 6.33 Å². The summed E-state index contributed by atoms with van der Waals surface area (Å²) >= 11 is 0. The molecule has 0 aliphatic carbocycles. The first-order valence-electron chi connectivity index (χ1n) is 6.54. The van der Waals surface area contributed by atoms with Crippen LogP contribution >= 0.6 is 0 Å². The largest absolute Gasteiger partial charge is 0.370 e. The molecule has 0 atom stereocenters. The van der Waals surface area contributed by atoms with Gasteiger partial charge in [0.2, 0.25) is 5.89 Å². The van der Waals surface area contributed by atoms with Crippen molar-refractivity contribution in [1.29, 1.82) is 0 Å². The lowest BCUT2D eigenvalue weighted by Crippen LogP contribution is -2.26. The molecule has 0 spiro atoms. The molecule has 0 fully saturated rings. The lowest BCUT2D eigenvalue weighted by molar-refractivity contribution is 0.0948. The van der Waals surface area contributed by atoms with Crippen LogP contribution in [0.15, 0.2) is 29.0 Å². The van der Waals surface area contributed by atoms with Gasteiger partial charge < -0.3 is 15.2 Å². The molecule has 2 heterocycles. The number of hydrogen-bond acceptors (Lipinski definition) is 6. The van der Waals surface area contributed by atoms with Crippen molar-refractivity contribution in [2.45, 2.75) is 19.8 Å². The van der Waals surface area contributed by atoms with Crippen molar-refractivity contribution in [1.82, 2.24) is 20.4 Å². The number of carbonyl (C=O) groups excluding carboxylic acids is 1. The SMILES string of the molecule is CCCNc1cccc(C(=O)NCCc2ncno2)n1. The van der Waals surface area contributed by atoms with Gasteiger partial charge in [-0.2, -0.15) is 4.98 Å². The average Bonchev–Trinajstić information content (AvgIpc) is 2.98. The van der Waals surface area contributed by atoms with Crippen LogP contribution in [0.4, 0.5) is 5.82 Å². The predicted octanol–water partition coefficient (Wildman–Crippen LogP) is 1.26. The van der Waals surface area contributed by atoms with Crippen molar-refractivity contribution in [2.24, 2.45) is 0 Å². The normalized spacial score (nSPS) is 10.2. The molecule has 0 unspecified atom stereocenters. The Morgan fingerprint density at radius 1 is 1.35 bits per heavy atom. The molecule has 2 aromatic rings. The summed E-state index contributed by atoms with van der Waals surface area (Å²) in [5, 5.41) is 9.41. The Bertz CT molecular complexity index is 541. The standard InChI is InChI=1S/C13H17N5O2/c1-2-7-14-11-5-3-4-10(18-11)13(19)15-8-6-12-16-9-17-20-12/h3-5,9H,2,6-8H2,1H3,(H,14,18)(H,15,19). The fourth-order valence-electron chi connectivity index (χ4n) is 1.59. The molecular weight excluding hydrogens is 258 g/mol. The summed E-state index contributed by atoms with van der Waals surface area (Å²) in [6, 6.07) is 5.32. The first-order valence-corrected chi connectivity index (χ1v) is 6.54. The molecular formula is C13H17N5O2. The summed E-state index contributed by atoms with van der Waals surface area (Å²) < 4.78 is 4.85. The number of carbonyl (C=O) groups is 1. The summed E-state index contributed by atoms with van der Waals surface area (Å²) in [6.45, 7) is 3.33. The van der Waals surface area contributed by atoms with Crippen LogP contribution < -0.4 is 10.6 Å². The number of nitrogens with one attached hydrogen (secondary N) is 2. The monoisotopic (exact) mass is 275 g/mol. The quantitative estimate of drug-likeness (QED) is 0.790. The number of aromatic nitrogens is 3. The molecule has 7 nitrogen and oxygen atoms in total. The van der Waals surface area contributed by atoms with Crippen LogP contribution in [0.2, 0.25) is 0 Å². The van der Waals surface area contributed by atoms with E-state index in [4.69, 9.17) is 4.52 Å². The highest BCUT2D eigenvalue weighted by molar-refractivity contribution is 5.92. The molecule has 7 heteroatoms. The smallest absolute Gasteiger partial charge is 0.269 e. The van der Waals surface area contributed by atoms with Crippen molar-refractivity contribution in [3.63, 3.8) is 0 Å². The van der Waals surface area contributed by atoms with Crippen LogP contribution in [0.25, 0.3) is 0 Å². The van der Waals surface area contributed by atoms with E-state index in [0.29, 0.717) is 30.4 Å². The Morgan fingerprint density at radius 2 is 2.25 bits per heavy atom. The molecule has 0 radical (unpaired) electrons. The Labute approximate surface area is 116 Å². The Morgan fingerprint density at radius 3 is 3.00 bits per heavy atom. The number of amides is 1. The van der Waals surface area contributed by atoms with Gasteiger partial charge in [0.15, 0.2) is 6.33 Å². The third-order valence-electron chi connectivity index (χ3n) is 2.57. The molecule has 1 amide bonds. The molecule has 0 aliphatic rings. The van der Waals surface area contributed by atoms with E-state index in [1.807, 2.05) is 6.07 Å². The van der Waals surface area contributed by atoms with E-state index in [-0.39, 0.29) is 5.91 Å². The number of rotatable bonds is 7. The van der Waals surface area contributed by atoms with Gasteiger partial charge in [0.05, 0.1) is 0 Å². The Balaban J connectivity index is 1.85. The summed E-state index contributed by atoms with van der Waals surface area (Å²) in [5.74, 6) is 0.984. The highest BCUT2D eigenvalue weighted by atomic mass is 16.5. The molecule has 0 saturated heterocycles. The van der Waals surface area contributed by atoms with E-state index < -0.39 is 0 Å². The van der Waals surface area contributed by atoms with Gasteiger partial charge in [-0.15, -0.1) is 0 Å². The number of pyridine rings is 1. The van der Waals surface area contributed by atoms with Gasteiger partial charge >= 0.3 is 0 Å².